The molecule has 0 aromatic heterocycles. The van der Waals surface area contributed by atoms with Crippen molar-refractivity contribution in [2.24, 2.45) is 17.3 Å². The van der Waals surface area contributed by atoms with Crippen molar-refractivity contribution in [2.75, 3.05) is 13.7 Å². The van der Waals surface area contributed by atoms with E-state index in [-0.39, 0.29) is 23.9 Å². The maximum Gasteiger partial charge on any atom is 0.0883 e. The summed E-state index contributed by atoms with van der Waals surface area (Å²) in [6, 6.07) is 0. The van der Waals surface area contributed by atoms with E-state index in [0.29, 0.717) is 0 Å². The van der Waals surface area contributed by atoms with E-state index in [4.69, 9.17) is 9.84 Å². The van der Waals surface area contributed by atoms with Crippen LogP contribution in [0.3, 0.4) is 0 Å². The average molecular weight is 214 g/mol. The fourth-order valence-electron chi connectivity index (χ4n) is 2.50. The molecule has 3 atom stereocenters. The highest BCUT2D eigenvalue weighted by Crippen LogP contribution is 2.55. The van der Waals surface area contributed by atoms with Crippen molar-refractivity contribution in [3.05, 3.63) is 12.3 Å². The SMILES string of the molecule is CO/C=C/[C@@H]1[C@@H]([C@@](C)(O)CO)CC1(C)C. The Labute approximate surface area is 91.8 Å². The summed E-state index contributed by atoms with van der Waals surface area (Å²) in [4.78, 5) is 0. The van der Waals surface area contributed by atoms with Gasteiger partial charge in [0.2, 0.25) is 0 Å². The number of rotatable bonds is 4. The van der Waals surface area contributed by atoms with Crippen molar-refractivity contribution in [3.63, 3.8) is 0 Å². The number of methoxy groups -OCH3 is 1. The van der Waals surface area contributed by atoms with Gasteiger partial charge in [-0.15, -0.1) is 0 Å². The van der Waals surface area contributed by atoms with Crippen LogP contribution in [0.2, 0.25) is 0 Å². The lowest BCUT2D eigenvalue weighted by Gasteiger charge is -2.55. The number of hydrogen-bond acceptors (Lipinski definition) is 3. The predicted molar refractivity (Wildman–Crippen MR) is 59.2 cm³/mol. The van der Waals surface area contributed by atoms with Crippen molar-refractivity contribution in [2.45, 2.75) is 32.8 Å². The second kappa shape index (κ2) is 4.14. The van der Waals surface area contributed by atoms with Crippen molar-refractivity contribution < 1.29 is 14.9 Å². The minimum Gasteiger partial charge on any atom is -0.505 e. The van der Waals surface area contributed by atoms with E-state index in [1.54, 1.807) is 20.3 Å². The van der Waals surface area contributed by atoms with Gasteiger partial charge in [-0.25, -0.2) is 0 Å². The maximum atomic E-state index is 10.0. The monoisotopic (exact) mass is 214 g/mol. The summed E-state index contributed by atoms with van der Waals surface area (Å²) in [5, 5.41) is 19.2. The Morgan fingerprint density at radius 1 is 1.53 bits per heavy atom. The number of aliphatic hydroxyl groups excluding tert-OH is 1. The van der Waals surface area contributed by atoms with Crippen LogP contribution >= 0.6 is 0 Å². The van der Waals surface area contributed by atoms with Gasteiger partial charge in [0, 0.05) is 0 Å². The van der Waals surface area contributed by atoms with E-state index in [2.05, 4.69) is 13.8 Å². The van der Waals surface area contributed by atoms with Gasteiger partial charge in [-0.3, -0.25) is 0 Å². The van der Waals surface area contributed by atoms with Gasteiger partial charge in [-0.2, -0.15) is 0 Å². The molecule has 15 heavy (non-hydrogen) atoms. The molecule has 0 saturated heterocycles. The smallest absolute Gasteiger partial charge is 0.0883 e. The standard InChI is InChI=1S/C12H22O3/c1-11(2)7-10(12(3,14)8-13)9(11)5-6-15-4/h5-6,9-10,13-14H,7-8H2,1-4H3/b6-5+/t9-,10+,12+/m1/s1. The Bertz CT molecular complexity index is 243. The van der Waals surface area contributed by atoms with E-state index < -0.39 is 5.60 Å². The average Bonchev–Trinajstić information content (AvgIpc) is 2.15. The van der Waals surface area contributed by atoms with E-state index >= 15 is 0 Å². The van der Waals surface area contributed by atoms with Crippen molar-refractivity contribution in [1.82, 2.24) is 0 Å². The summed E-state index contributed by atoms with van der Waals surface area (Å²) in [6.45, 7) is 5.84. The largest absolute Gasteiger partial charge is 0.505 e. The molecular formula is C12H22O3. The zero-order chi connectivity index (χ0) is 11.7. The van der Waals surface area contributed by atoms with Crippen molar-refractivity contribution in [1.29, 1.82) is 0 Å². The van der Waals surface area contributed by atoms with Gasteiger partial charge in [-0.1, -0.05) is 13.8 Å². The molecule has 0 bridgehead atoms. The van der Waals surface area contributed by atoms with Gasteiger partial charge in [0.25, 0.3) is 0 Å². The Hall–Kier alpha value is -0.540. The van der Waals surface area contributed by atoms with E-state index in [0.717, 1.165) is 6.42 Å². The summed E-state index contributed by atoms with van der Waals surface area (Å²) in [6.07, 6.45) is 4.57. The Morgan fingerprint density at radius 2 is 2.13 bits per heavy atom. The van der Waals surface area contributed by atoms with Gasteiger partial charge in [0.15, 0.2) is 0 Å². The first-order chi connectivity index (χ1) is 6.85. The van der Waals surface area contributed by atoms with Crippen LogP contribution in [-0.2, 0) is 4.74 Å². The third-order valence-electron chi connectivity index (χ3n) is 3.62. The summed E-state index contributed by atoms with van der Waals surface area (Å²) in [7, 11) is 1.61. The topological polar surface area (TPSA) is 49.7 Å². The van der Waals surface area contributed by atoms with Crippen LogP contribution in [0, 0.1) is 17.3 Å². The summed E-state index contributed by atoms with van der Waals surface area (Å²) < 4.78 is 4.91. The summed E-state index contributed by atoms with van der Waals surface area (Å²) in [5.41, 5.74) is -0.808. The molecule has 2 N–H and O–H groups in total. The quantitative estimate of drug-likeness (QED) is 0.698. The second-order valence-electron chi connectivity index (χ2n) is 5.40. The molecule has 0 heterocycles. The normalized spacial score (nSPS) is 33.5. The minimum atomic E-state index is -0.988. The molecule has 0 amide bonds. The second-order valence-corrected chi connectivity index (χ2v) is 5.40. The Balaban J connectivity index is 2.74. The zero-order valence-electron chi connectivity index (χ0n) is 10.0. The lowest BCUT2D eigenvalue weighted by molar-refractivity contribution is -0.139. The highest BCUT2D eigenvalue weighted by atomic mass is 16.5. The van der Waals surface area contributed by atoms with Gasteiger partial charge in [-0.05, 0) is 36.7 Å². The first-order valence-corrected chi connectivity index (χ1v) is 5.38. The van der Waals surface area contributed by atoms with E-state index in [1.807, 2.05) is 6.08 Å². The molecule has 0 aliphatic heterocycles. The lowest BCUT2D eigenvalue weighted by Crippen LogP contribution is -2.55. The molecule has 0 unspecified atom stereocenters. The Morgan fingerprint density at radius 3 is 2.53 bits per heavy atom. The first kappa shape index (κ1) is 12.5. The molecule has 0 spiro atoms. The predicted octanol–water partition coefficient (Wildman–Crippen LogP) is 1.55. The fraction of sp³-hybridized carbons (Fsp3) is 0.833. The number of hydrogen-bond donors (Lipinski definition) is 2. The molecule has 1 saturated carbocycles. The van der Waals surface area contributed by atoms with Crippen LogP contribution in [0.1, 0.15) is 27.2 Å². The van der Waals surface area contributed by atoms with Crippen LogP contribution in [0.25, 0.3) is 0 Å². The fourth-order valence-corrected chi connectivity index (χ4v) is 2.50. The summed E-state index contributed by atoms with van der Waals surface area (Å²) in [5.74, 6) is 0.378. The minimum absolute atomic E-state index is 0.115. The number of ether oxygens (including phenoxy) is 1. The maximum absolute atomic E-state index is 10.0. The van der Waals surface area contributed by atoms with Gasteiger partial charge in [0.05, 0.1) is 25.6 Å². The van der Waals surface area contributed by atoms with Crippen LogP contribution in [0.15, 0.2) is 12.3 Å². The summed E-state index contributed by atoms with van der Waals surface area (Å²) >= 11 is 0. The molecular weight excluding hydrogens is 192 g/mol. The highest BCUT2D eigenvalue weighted by molar-refractivity contribution is 5.10. The van der Waals surface area contributed by atoms with Gasteiger partial charge >= 0.3 is 0 Å². The van der Waals surface area contributed by atoms with E-state index in [9.17, 15) is 5.11 Å². The molecule has 0 aromatic carbocycles. The molecule has 3 nitrogen and oxygen atoms in total. The van der Waals surface area contributed by atoms with Crippen LogP contribution in [-0.4, -0.2) is 29.5 Å². The molecule has 1 fully saturated rings. The Kier molecular flexibility index (Phi) is 3.46. The van der Waals surface area contributed by atoms with Gasteiger partial charge in [0.1, 0.15) is 0 Å². The van der Waals surface area contributed by atoms with Crippen molar-refractivity contribution in [3.8, 4) is 0 Å². The molecule has 88 valence electrons. The molecule has 1 aliphatic rings. The molecule has 0 aromatic rings. The number of allylic oxidation sites excluding steroid dienone is 1. The molecule has 1 aliphatic carbocycles. The molecule has 1 rings (SSSR count). The third kappa shape index (κ3) is 2.34. The molecule has 3 heteroatoms. The number of aliphatic hydroxyl groups is 2. The van der Waals surface area contributed by atoms with Gasteiger partial charge < -0.3 is 14.9 Å². The van der Waals surface area contributed by atoms with E-state index in [1.165, 1.54) is 0 Å². The lowest BCUT2D eigenvalue weighted by atomic mass is 9.51. The van der Waals surface area contributed by atoms with Crippen LogP contribution < -0.4 is 0 Å². The van der Waals surface area contributed by atoms with Crippen LogP contribution in [0.4, 0.5) is 0 Å². The molecule has 0 radical (unpaired) electrons. The van der Waals surface area contributed by atoms with Crippen LogP contribution in [0.5, 0.6) is 0 Å². The zero-order valence-corrected chi connectivity index (χ0v) is 10.0. The highest BCUT2D eigenvalue weighted by Gasteiger charge is 2.52. The first-order valence-electron chi connectivity index (χ1n) is 5.38. The van der Waals surface area contributed by atoms with Crippen molar-refractivity contribution >= 4 is 0 Å². The third-order valence-corrected chi connectivity index (χ3v) is 3.62.